The van der Waals surface area contributed by atoms with Crippen LogP contribution in [0.5, 0.6) is 0 Å². The van der Waals surface area contributed by atoms with E-state index in [4.69, 9.17) is 5.11 Å². The third-order valence-electron chi connectivity index (χ3n) is 2.44. The summed E-state index contributed by atoms with van der Waals surface area (Å²) in [6.45, 7) is 2.20. The maximum absolute atomic E-state index is 9.55. The van der Waals surface area contributed by atoms with Crippen LogP contribution in [-0.2, 0) is 0 Å². The van der Waals surface area contributed by atoms with E-state index in [2.05, 4.69) is 5.32 Å². The quantitative estimate of drug-likeness (QED) is 0.341. The fourth-order valence-electron chi connectivity index (χ4n) is 1.61. The average Bonchev–Trinajstić information content (AvgIpc) is 2.19. The maximum atomic E-state index is 9.55. The summed E-state index contributed by atoms with van der Waals surface area (Å²) in [6.07, 6.45) is -1.90. The monoisotopic (exact) mass is 203 g/mol. The molecule has 0 fully saturated rings. The standard InChI is InChI=1S/C9H17NO4/c1-2-10-6-3-5(4-11)7(12)9(14)8(6)13/h3,6-14H,2,4H2,1H3/t6-,7-,8+,9+/m1/s1. The summed E-state index contributed by atoms with van der Waals surface area (Å²) in [5.41, 5.74) is 0.341. The van der Waals surface area contributed by atoms with Gasteiger partial charge < -0.3 is 25.7 Å². The van der Waals surface area contributed by atoms with Crippen molar-refractivity contribution in [1.82, 2.24) is 5.32 Å². The maximum Gasteiger partial charge on any atom is 0.111 e. The highest BCUT2D eigenvalue weighted by Gasteiger charge is 2.36. The molecule has 0 unspecified atom stereocenters. The Morgan fingerprint density at radius 3 is 2.43 bits per heavy atom. The third kappa shape index (κ3) is 2.13. The van der Waals surface area contributed by atoms with Gasteiger partial charge in [0.15, 0.2) is 0 Å². The molecule has 0 aromatic heterocycles. The number of rotatable bonds is 3. The molecule has 0 saturated heterocycles. The molecule has 82 valence electrons. The summed E-state index contributed by atoms with van der Waals surface area (Å²) in [5, 5.41) is 40.3. The Morgan fingerprint density at radius 1 is 1.29 bits per heavy atom. The normalized spacial score (nSPS) is 38.2. The average molecular weight is 203 g/mol. The Morgan fingerprint density at radius 2 is 1.93 bits per heavy atom. The van der Waals surface area contributed by atoms with Gasteiger partial charge in [0.2, 0.25) is 0 Å². The van der Waals surface area contributed by atoms with E-state index in [9.17, 15) is 15.3 Å². The predicted molar refractivity (Wildman–Crippen MR) is 50.7 cm³/mol. The van der Waals surface area contributed by atoms with Gasteiger partial charge in [-0.3, -0.25) is 0 Å². The summed E-state index contributed by atoms with van der Waals surface area (Å²) in [6, 6.07) is -0.416. The largest absolute Gasteiger partial charge is 0.392 e. The highest BCUT2D eigenvalue weighted by molar-refractivity contribution is 5.21. The topological polar surface area (TPSA) is 93.0 Å². The predicted octanol–water partition coefficient (Wildman–Crippen LogP) is -2.02. The van der Waals surface area contributed by atoms with Crippen molar-refractivity contribution in [3.8, 4) is 0 Å². The van der Waals surface area contributed by atoms with Gasteiger partial charge in [-0.05, 0) is 12.1 Å². The molecule has 0 radical (unpaired) electrons. The Hall–Kier alpha value is -0.460. The minimum Gasteiger partial charge on any atom is -0.392 e. The number of aliphatic hydroxyl groups excluding tert-OH is 4. The van der Waals surface area contributed by atoms with Crippen molar-refractivity contribution in [3.63, 3.8) is 0 Å². The van der Waals surface area contributed by atoms with Gasteiger partial charge in [-0.2, -0.15) is 0 Å². The highest BCUT2D eigenvalue weighted by atomic mass is 16.4. The first kappa shape index (κ1) is 11.6. The Balaban J connectivity index is 2.81. The van der Waals surface area contributed by atoms with E-state index in [0.717, 1.165) is 0 Å². The van der Waals surface area contributed by atoms with Crippen LogP contribution in [0.15, 0.2) is 11.6 Å². The highest BCUT2D eigenvalue weighted by Crippen LogP contribution is 2.19. The van der Waals surface area contributed by atoms with Crippen LogP contribution in [0.3, 0.4) is 0 Å². The van der Waals surface area contributed by atoms with Crippen molar-refractivity contribution in [2.75, 3.05) is 13.2 Å². The van der Waals surface area contributed by atoms with Gasteiger partial charge in [0.25, 0.3) is 0 Å². The zero-order valence-electron chi connectivity index (χ0n) is 8.09. The second-order valence-corrected chi connectivity index (χ2v) is 3.41. The van der Waals surface area contributed by atoms with Crippen molar-refractivity contribution in [1.29, 1.82) is 0 Å². The van der Waals surface area contributed by atoms with E-state index in [-0.39, 0.29) is 6.61 Å². The van der Waals surface area contributed by atoms with Crippen molar-refractivity contribution >= 4 is 0 Å². The molecular weight excluding hydrogens is 186 g/mol. The zero-order valence-corrected chi connectivity index (χ0v) is 8.09. The molecule has 1 aliphatic rings. The van der Waals surface area contributed by atoms with Gasteiger partial charge in [-0.1, -0.05) is 13.0 Å². The van der Waals surface area contributed by atoms with Gasteiger partial charge in [0, 0.05) is 0 Å². The van der Waals surface area contributed by atoms with Crippen molar-refractivity contribution in [2.45, 2.75) is 31.3 Å². The molecule has 0 bridgehead atoms. The van der Waals surface area contributed by atoms with Crippen LogP contribution in [0.4, 0.5) is 0 Å². The van der Waals surface area contributed by atoms with Crippen LogP contribution in [-0.4, -0.2) is 57.9 Å². The van der Waals surface area contributed by atoms with Gasteiger partial charge in [-0.25, -0.2) is 0 Å². The molecule has 0 aromatic carbocycles. The van der Waals surface area contributed by atoms with Crippen molar-refractivity contribution in [3.05, 3.63) is 11.6 Å². The molecule has 5 N–H and O–H groups in total. The number of nitrogens with one attached hydrogen (secondary N) is 1. The minimum atomic E-state index is -1.24. The zero-order chi connectivity index (χ0) is 10.7. The molecule has 0 heterocycles. The Labute approximate surface area is 82.7 Å². The lowest BCUT2D eigenvalue weighted by molar-refractivity contribution is -0.0639. The third-order valence-corrected chi connectivity index (χ3v) is 2.44. The van der Waals surface area contributed by atoms with Crippen LogP contribution in [0.1, 0.15) is 6.92 Å². The van der Waals surface area contributed by atoms with E-state index < -0.39 is 24.4 Å². The lowest BCUT2D eigenvalue weighted by Crippen LogP contribution is -2.53. The first-order valence-corrected chi connectivity index (χ1v) is 4.70. The van der Waals surface area contributed by atoms with E-state index in [1.54, 1.807) is 6.08 Å². The minimum absolute atomic E-state index is 0.313. The molecule has 5 heteroatoms. The summed E-state index contributed by atoms with van der Waals surface area (Å²) in [4.78, 5) is 0. The van der Waals surface area contributed by atoms with Gasteiger partial charge in [0.05, 0.1) is 12.6 Å². The van der Waals surface area contributed by atoms with Crippen LogP contribution in [0.25, 0.3) is 0 Å². The SMILES string of the molecule is CCN[C@@H]1C=C(CO)[C@@H](O)[C@H](O)[C@H]1O. The Kier molecular flexibility index (Phi) is 4.03. The van der Waals surface area contributed by atoms with E-state index in [0.29, 0.717) is 12.1 Å². The molecule has 4 atom stereocenters. The van der Waals surface area contributed by atoms with Crippen LogP contribution < -0.4 is 5.32 Å². The van der Waals surface area contributed by atoms with Gasteiger partial charge in [-0.15, -0.1) is 0 Å². The molecule has 0 amide bonds. The molecule has 14 heavy (non-hydrogen) atoms. The number of aliphatic hydroxyl groups is 4. The second kappa shape index (κ2) is 4.86. The first-order valence-electron chi connectivity index (χ1n) is 4.70. The fraction of sp³-hybridized carbons (Fsp3) is 0.778. The van der Waals surface area contributed by atoms with Gasteiger partial charge in [0.1, 0.15) is 18.3 Å². The molecule has 1 rings (SSSR count). The molecule has 0 aliphatic heterocycles. The first-order chi connectivity index (χ1) is 6.61. The van der Waals surface area contributed by atoms with Crippen molar-refractivity contribution in [2.24, 2.45) is 0 Å². The van der Waals surface area contributed by atoms with Crippen molar-refractivity contribution < 1.29 is 20.4 Å². The summed E-state index contributed by atoms with van der Waals surface area (Å²) < 4.78 is 0. The molecular formula is C9H17NO4. The van der Waals surface area contributed by atoms with E-state index >= 15 is 0 Å². The molecule has 5 nitrogen and oxygen atoms in total. The lowest BCUT2D eigenvalue weighted by atomic mass is 9.88. The fourth-order valence-corrected chi connectivity index (χ4v) is 1.61. The lowest BCUT2D eigenvalue weighted by Gasteiger charge is -2.34. The van der Waals surface area contributed by atoms with E-state index in [1.165, 1.54) is 0 Å². The van der Waals surface area contributed by atoms with Crippen LogP contribution in [0.2, 0.25) is 0 Å². The van der Waals surface area contributed by atoms with Crippen LogP contribution >= 0.6 is 0 Å². The molecule has 0 aromatic rings. The molecule has 1 aliphatic carbocycles. The summed E-state index contributed by atoms with van der Waals surface area (Å²) >= 11 is 0. The molecule has 0 saturated carbocycles. The smallest absolute Gasteiger partial charge is 0.111 e. The summed E-state index contributed by atoms with van der Waals surface area (Å²) in [7, 11) is 0. The van der Waals surface area contributed by atoms with Crippen LogP contribution in [0, 0.1) is 0 Å². The number of hydrogen-bond acceptors (Lipinski definition) is 5. The van der Waals surface area contributed by atoms with E-state index in [1.807, 2.05) is 6.92 Å². The summed E-state index contributed by atoms with van der Waals surface area (Å²) in [5.74, 6) is 0. The second-order valence-electron chi connectivity index (χ2n) is 3.41. The molecule has 0 spiro atoms. The number of hydrogen-bond donors (Lipinski definition) is 5. The number of likely N-dealkylation sites (N-methyl/N-ethyl adjacent to an activating group) is 1. The van der Waals surface area contributed by atoms with Gasteiger partial charge >= 0.3 is 0 Å². The Bertz CT molecular complexity index is 219.